The van der Waals surface area contributed by atoms with Crippen LogP contribution in [0.4, 0.5) is 11.4 Å². The summed E-state index contributed by atoms with van der Waals surface area (Å²) in [7, 11) is -0.646. The van der Waals surface area contributed by atoms with Gasteiger partial charge in [0, 0.05) is 30.5 Å². The average molecular weight is 396 g/mol. The largest absolute Gasteiger partial charge is 0.374 e. The lowest BCUT2D eigenvalue weighted by Gasteiger charge is -2.17. The molecule has 0 aromatic heterocycles. The molecule has 0 saturated heterocycles. The molecule has 0 heterocycles. The van der Waals surface area contributed by atoms with Gasteiger partial charge in [0.15, 0.2) is 0 Å². The molecule has 0 fully saturated rings. The number of nitrogens with zero attached hydrogens (tertiary/aromatic N) is 1. The predicted molar refractivity (Wildman–Crippen MR) is 105 cm³/mol. The second kappa shape index (κ2) is 8.07. The first-order valence-electron chi connectivity index (χ1n) is 7.97. The molecule has 0 aliphatic rings. The van der Waals surface area contributed by atoms with Crippen molar-refractivity contribution in [2.75, 3.05) is 24.7 Å². The van der Waals surface area contributed by atoms with E-state index in [2.05, 4.69) is 10.6 Å². The summed E-state index contributed by atoms with van der Waals surface area (Å²) < 4.78 is 25.5. The second-order valence-corrected chi connectivity index (χ2v) is 8.69. The highest BCUT2D eigenvalue weighted by Crippen LogP contribution is 2.21. The van der Waals surface area contributed by atoms with Crippen molar-refractivity contribution in [1.82, 2.24) is 4.31 Å². The molecule has 2 aromatic carbocycles. The number of carbonyl (C=O) groups excluding carboxylic acids is 1. The maximum absolute atomic E-state index is 12.4. The van der Waals surface area contributed by atoms with Gasteiger partial charge in [-0.15, -0.1) is 0 Å². The highest BCUT2D eigenvalue weighted by atomic mass is 35.5. The van der Waals surface area contributed by atoms with Gasteiger partial charge in [-0.25, -0.2) is 12.7 Å². The summed E-state index contributed by atoms with van der Waals surface area (Å²) in [6.07, 6.45) is 0. The van der Waals surface area contributed by atoms with Crippen LogP contribution in [0.5, 0.6) is 0 Å². The smallest absolute Gasteiger partial charge is 0.246 e. The number of benzene rings is 2. The molecule has 0 saturated carbocycles. The van der Waals surface area contributed by atoms with Gasteiger partial charge in [0.1, 0.15) is 6.04 Å². The molecule has 1 amide bonds. The molecule has 2 N–H and O–H groups in total. The summed E-state index contributed by atoms with van der Waals surface area (Å²) in [5.41, 5.74) is 2.09. The summed E-state index contributed by atoms with van der Waals surface area (Å²) >= 11 is 6.09. The van der Waals surface area contributed by atoms with Crippen molar-refractivity contribution < 1.29 is 13.2 Å². The van der Waals surface area contributed by atoms with Crippen molar-refractivity contribution in [2.45, 2.75) is 24.8 Å². The number of carbonyl (C=O) groups is 1. The number of hydrogen-bond donors (Lipinski definition) is 2. The summed E-state index contributed by atoms with van der Waals surface area (Å²) in [6.45, 7) is 3.61. The minimum absolute atomic E-state index is 0.117. The fourth-order valence-electron chi connectivity index (χ4n) is 2.19. The van der Waals surface area contributed by atoms with Crippen LogP contribution in [0.25, 0.3) is 0 Å². The van der Waals surface area contributed by atoms with Crippen LogP contribution < -0.4 is 10.6 Å². The fourth-order valence-corrected chi connectivity index (χ4v) is 3.32. The van der Waals surface area contributed by atoms with Crippen molar-refractivity contribution in [2.24, 2.45) is 0 Å². The third kappa shape index (κ3) is 4.75. The Kier molecular flexibility index (Phi) is 6.28. The first kappa shape index (κ1) is 20.2. The number of halogens is 1. The molecule has 0 aliphatic heterocycles. The van der Waals surface area contributed by atoms with E-state index in [1.165, 1.54) is 26.2 Å². The number of amides is 1. The Balaban J connectivity index is 2.10. The van der Waals surface area contributed by atoms with Crippen LogP contribution in [0, 0.1) is 6.92 Å². The van der Waals surface area contributed by atoms with Gasteiger partial charge in [0.05, 0.1) is 4.90 Å². The second-order valence-electron chi connectivity index (χ2n) is 6.13. The van der Waals surface area contributed by atoms with E-state index in [-0.39, 0.29) is 10.8 Å². The van der Waals surface area contributed by atoms with Gasteiger partial charge in [-0.2, -0.15) is 0 Å². The molecule has 6 nitrogen and oxygen atoms in total. The van der Waals surface area contributed by atoms with Crippen LogP contribution in [-0.2, 0) is 14.8 Å². The highest BCUT2D eigenvalue weighted by molar-refractivity contribution is 7.89. The zero-order chi connectivity index (χ0) is 19.5. The van der Waals surface area contributed by atoms with Crippen molar-refractivity contribution in [3.8, 4) is 0 Å². The molecule has 0 radical (unpaired) electrons. The summed E-state index contributed by atoms with van der Waals surface area (Å²) in [5, 5.41) is 6.41. The molecule has 0 aliphatic carbocycles. The molecule has 140 valence electrons. The SMILES string of the molecule is Cc1ccc(NC(C)C(=O)Nc2cccc(S(=O)(=O)N(C)C)c2)cc1Cl. The van der Waals surface area contributed by atoms with Crippen LogP contribution in [-0.4, -0.2) is 38.8 Å². The minimum atomic E-state index is -3.56. The van der Waals surface area contributed by atoms with Crippen LogP contribution >= 0.6 is 11.6 Å². The lowest BCUT2D eigenvalue weighted by Crippen LogP contribution is -2.32. The molecule has 1 atom stereocenters. The van der Waals surface area contributed by atoms with Gasteiger partial charge in [-0.1, -0.05) is 23.7 Å². The minimum Gasteiger partial charge on any atom is -0.374 e. The number of hydrogen-bond acceptors (Lipinski definition) is 4. The number of rotatable bonds is 6. The van der Waals surface area contributed by atoms with E-state index >= 15 is 0 Å². The Hall–Kier alpha value is -2.09. The van der Waals surface area contributed by atoms with Gasteiger partial charge in [0.2, 0.25) is 15.9 Å². The van der Waals surface area contributed by atoms with Gasteiger partial charge in [-0.05, 0) is 49.7 Å². The Morgan fingerprint density at radius 2 is 1.81 bits per heavy atom. The lowest BCUT2D eigenvalue weighted by atomic mass is 10.2. The van der Waals surface area contributed by atoms with E-state index in [1.807, 2.05) is 19.1 Å². The number of sulfonamides is 1. The van der Waals surface area contributed by atoms with E-state index in [0.29, 0.717) is 10.7 Å². The molecule has 2 rings (SSSR count). The molecule has 1 unspecified atom stereocenters. The van der Waals surface area contributed by atoms with Crippen LogP contribution in [0.1, 0.15) is 12.5 Å². The first-order valence-corrected chi connectivity index (χ1v) is 9.79. The molecule has 0 bridgehead atoms. The zero-order valence-electron chi connectivity index (χ0n) is 15.1. The molecular weight excluding hydrogens is 374 g/mol. The maximum atomic E-state index is 12.4. The van der Waals surface area contributed by atoms with E-state index in [1.54, 1.807) is 25.1 Å². The third-order valence-electron chi connectivity index (χ3n) is 3.83. The van der Waals surface area contributed by atoms with Crippen molar-refractivity contribution in [1.29, 1.82) is 0 Å². The summed E-state index contributed by atoms with van der Waals surface area (Å²) in [5.74, 6) is -0.291. The van der Waals surface area contributed by atoms with Gasteiger partial charge in [-0.3, -0.25) is 4.79 Å². The monoisotopic (exact) mass is 395 g/mol. The van der Waals surface area contributed by atoms with E-state index < -0.39 is 16.1 Å². The molecule has 26 heavy (non-hydrogen) atoms. The molecule has 0 spiro atoms. The molecule has 8 heteroatoms. The average Bonchev–Trinajstić information content (AvgIpc) is 2.58. The first-order chi connectivity index (χ1) is 12.1. The van der Waals surface area contributed by atoms with Crippen LogP contribution in [0.15, 0.2) is 47.4 Å². The van der Waals surface area contributed by atoms with Crippen LogP contribution in [0.2, 0.25) is 5.02 Å². The number of anilines is 2. The lowest BCUT2D eigenvalue weighted by molar-refractivity contribution is -0.116. The normalized spacial score (nSPS) is 12.7. The Bertz CT molecular complexity index is 914. The van der Waals surface area contributed by atoms with Crippen LogP contribution in [0.3, 0.4) is 0 Å². The van der Waals surface area contributed by atoms with Gasteiger partial charge in [0.25, 0.3) is 0 Å². The third-order valence-corrected chi connectivity index (χ3v) is 6.05. The number of aryl methyl sites for hydroxylation is 1. The van der Waals surface area contributed by atoms with Gasteiger partial charge < -0.3 is 10.6 Å². The number of nitrogens with one attached hydrogen (secondary N) is 2. The Morgan fingerprint density at radius 1 is 1.12 bits per heavy atom. The quantitative estimate of drug-likeness (QED) is 0.786. The standard InChI is InChI=1S/C18H22ClN3O3S/c1-12-8-9-15(11-17(12)19)20-13(2)18(23)21-14-6-5-7-16(10-14)26(24,25)22(3)4/h5-11,13,20H,1-4H3,(H,21,23). The fraction of sp³-hybridized carbons (Fsp3) is 0.278. The predicted octanol–water partition coefficient (Wildman–Crippen LogP) is 3.34. The Labute approximate surface area is 159 Å². The van der Waals surface area contributed by atoms with E-state index in [4.69, 9.17) is 11.6 Å². The topological polar surface area (TPSA) is 78.5 Å². The van der Waals surface area contributed by atoms with Crippen molar-refractivity contribution >= 4 is 38.9 Å². The Morgan fingerprint density at radius 3 is 2.42 bits per heavy atom. The van der Waals surface area contributed by atoms with Gasteiger partial charge >= 0.3 is 0 Å². The maximum Gasteiger partial charge on any atom is 0.246 e. The highest BCUT2D eigenvalue weighted by Gasteiger charge is 2.18. The summed E-state index contributed by atoms with van der Waals surface area (Å²) in [6, 6.07) is 11.1. The van der Waals surface area contributed by atoms with E-state index in [9.17, 15) is 13.2 Å². The van der Waals surface area contributed by atoms with E-state index in [0.717, 1.165) is 15.6 Å². The van der Waals surface area contributed by atoms with Crippen molar-refractivity contribution in [3.05, 3.63) is 53.1 Å². The van der Waals surface area contributed by atoms with Crippen molar-refractivity contribution in [3.63, 3.8) is 0 Å². The molecular formula is C18H22ClN3O3S. The zero-order valence-corrected chi connectivity index (χ0v) is 16.6. The summed E-state index contributed by atoms with van der Waals surface area (Å²) in [4.78, 5) is 12.5. The molecule has 2 aromatic rings.